The van der Waals surface area contributed by atoms with Gasteiger partial charge in [0.15, 0.2) is 11.5 Å². The van der Waals surface area contributed by atoms with Crippen molar-refractivity contribution in [2.24, 2.45) is 4.40 Å². The molecule has 5 heteroatoms. The standard InChI is InChI=1S/C13H17NO3S/c1-13(2,3)18(15)14-7-6-10-4-5-11-12(8-10)17-9-16-11/h4-5,7-8H,6,9H2,1-3H3/b14-7+. The van der Waals surface area contributed by atoms with E-state index in [1.165, 1.54) is 0 Å². The highest BCUT2D eigenvalue weighted by Gasteiger charge is 2.18. The van der Waals surface area contributed by atoms with Gasteiger partial charge in [0.05, 0.1) is 4.75 Å². The first-order chi connectivity index (χ1) is 8.47. The molecule has 1 unspecified atom stereocenters. The fourth-order valence-electron chi connectivity index (χ4n) is 1.44. The molecule has 4 nitrogen and oxygen atoms in total. The number of fused-ring (bicyclic) bond motifs is 1. The van der Waals surface area contributed by atoms with Crippen LogP contribution in [-0.2, 0) is 17.4 Å². The van der Waals surface area contributed by atoms with Crippen LogP contribution in [0.3, 0.4) is 0 Å². The maximum atomic E-state index is 11.7. The third kappa shape index (κ3) is 3.10. The average Bonchev–Trinajstić information content (AvgIpc) is 2.74. The van der Waals surface area contributed by atoms with Crippen molar-refractivity contribution < 1.29 is 13.7 Å². The SMILES string of the molecule is CC(C)(C)S(=O)/N=C/Cc1ccc2c(c1)OCO2. The van der Waals surface area contributed by atoms with E-state index < -0.39 is 11.0 Å². The summed E-state index contributed by atoms with van der Waals surface area (Å²) in [5.74, 6) is 1.53. The minimum atomic E-state index is -1.20. The first-order valence-corrected chi connectivity index (χ1v) is 6.90. The minimum Gasteiger partial charge on any atom is -0.454 e. The minimum absolute atomic E-state index is 0.279. The van der Waals surface area contributed by atoms with Crippen molar-refractivity contribution in [2.75, 3.05) is 6.79 Å². The predicted octanol–water partition coefficient (Wildman–Crippen LogP) is 2.49. The molecule has 1 aromatic carbocycles. The number of hydrogen-bond donors (Lipinski definition) is 0. The van der Waals surface area contributed by atoms with Gasteiger partial charge >= 0.3 is 0 Å². The second-order valence-electron chi connectivity index (χ2n) is 5.04. The molecule has 18 heavy (non-hydrogen) atoms. The molecule has 0 aliphatic carbocycles. The van der Waals surface area contributed by atoms with Gasteiger partial charge in [-0.25, -0.2) is 4.21 Å². The molecule has 0 amide bonds. The fourth-order valence-corrected chi connectivity index (χ4v) is 1.96. The zero-order chi connectivity index (χ0) is 13.2. The van der Waals surface area contributed by atoms with Crippen LogP contribution in [0.25, 0.3) is 0 Å². The Kier molecular flexibility index (Phi) is 3.71. The van der Waals surface area contributed by atoms with E-state index in [1.807, 2.05) is 39.0 Å². The van der Waals surface area contributed by atoms with E-state index in [-0.39, 0.29) is 11.5 Å². The highest BCUT2D eigenvalue weighted by molar-refractivity contribution is 7.85. The first-order valence-electron chi connectivity index (χ1n) is 5.80. The lowest BCUT2D eigenvalue weighted by Gasteiger charge is -2.12. The Hall–Kier alpha value is -1.36. The molecular formula is C13H17NO3S. The molecule has 1 aliphatic rings. The van der Waals surface area contributed by atoms with E-state index in [4.69, 9.17) is 9.47 Å². The molecule has 1 atom stereocenters. The summed E-state index contributed by atoms with van der Waals surface area (Å²) in [4.78, 5) is 0. The van der Waals surface area contributed by atoms with Crippen LogP contribution >= 0.6 is 0 Å². The maximum absolute atomic E-state index is 11.7. The van der Waals surface area contributed by atoms with E-state index in [1.54, 1.807) is 6.21 Å². The van der Waals surface area contributed by atoms with Gasteiger partial charge in [0.2, 0.25) is 6.79 Å². The first kappa shape index (κ1) is 13.1. The van der Waals surface area contributed by atoms with Gasteiger partial charge in [-0.2, -0.15) is 4.40 Å². The number of rotatable bonds is 3. The molecule has 2 rings (SSSR count). The molecule has 0 saturated heterocycles. The molecule has 0 bridgehead atoms. The Morgan fingerprint density at radius 1 is 1.33 bits per heavy atom. The Morgan fingerprint density at radius 3 is 2.78 bits per heavy atom. The smallest absolute Gasteiger partial charge is 0.231 e. The third-order valence-electron chi connectivity index (χ3n) is 2.46. The molecule has 1 aliphatic heterocycles. The number of nitrogens with zero attached hydrogens (tertiary/aromatic N) is 1. The molecule has 98 valence electrons. The van der Waals surface area contributed by atoms with Crippen molar-refractivity contribution in [2.45, 2.75) is 31.9 Å². The Bertz CT molecular complexity index is 491. The van der Waals surface area contributed by atoms with E-state index in [9.17, 15) is 4.21 Å². The lowest BCUT2D eigenvalue weighted by molar-refractivity contribution is 0.174. The van der Waals surface area contributed by atoms with Crippen molar-refractivity contribution in [3.05, 3.63) is 23.8 Å². The molecular weight excluding hydrogens is 250 g/mol. The van der Waals surface area contributed by atoms with Crippen LogP contribution in [0.5, 0.6) is 11.5 Å². The Balaban J connectivity index is 1.99. The normalized spacial score (nSPS) is 16.2. The van der Waals surface area contributed by atoms with E-state index >= 15 is 0 Å². The zero-order valence-corrected chi connectivity index (χ0v) is 11.6. The number of hydrogen-bond acceptors (Lipinski definition) is 3. The summed E-state index contributed by atoms with van der Waals surface area (Å²) in [5.41, 5.74) is 1.06. The van der Waals surface area contributed by atoms with Crippen LogP contribution in [0.15, 0.2) is 22.6 Å². The fraction of sp³-hybridized carbons (Fsp3) is 0.462. The maximum Gasteiger partial charge on any atom is 0.231 e. The van der Waals surface area contributed by atoms with E-state index in [0.717, 1.165) is 17.1 Å². The van der Waals surface area contributed by atoms with Crippen molar-refractivity contribution >= 4 is 17.2 Å². The molecule has 0 saturated carbocycles. The van der Waals surface area contributed by atoms with Crippen LogP contribution in [0.4, 0.5) is 0 Å². The second-order valence-corrected chi connectivity index (χ2v) is 6.98. The van der Waals surface area contributed by atoms with E-state index in [2.05, 4.69) is 4.40 Å². The number of ether oxygens (including phenoxy) is 2. The summed E-state index contributed by atoms with van der Waals surface area (Å²) < 4.78 is 26.0. The summed E-state index contributed by atoms with van der Waals surface area (Å²) in [6.07, 6.45) is 2.33. The van der Waals surface area contributed by atoms with Crippen LogP contribution in [0.2, 0.25) is 0 Å². The van der Waals surface area contributed by atoms with Gasteiger partial charge in [-0.15, -0.1) is 0 Å². The second kappa shape index (κ2) is 5.10. The molecule has 1 aromatic rings. The summed E-state index contributed by atoms with van der Waals surface area (Å²) in [6.45, 7) is 5.99. The molecule has 0 aromatic heterocycles. The van der Waals surface area contributed by atoms with Crippen LogP contribution in [-0.4, -0.2) is 22.0 Å². The monoisotopic (exact) mass is 267 g/mol. The van der Waals surface area contributed by atoms with Crippen LogP contribution in [0.1, 0.15) is 26.3 Å². The topological polar surface area (TPSA) is 47.9 Å². The highest BCUT2D eigenvalue weighted by Crippen LogP contribution is 2.32. The van der Waals surface area contributed by atoms with Gasteiger partial charge in [-0.3, -0.25) is 0 Å². The van der Waals surface area contributed by atoms with Gasteiger partial charge in [0.25, 0.3) is 0 Å². The molecule has 1 heterocycles. The lowest BCUT2D eigenvalue weighted by atomic mass is 10.1. The van der Waals surface area contributed by atoms with Crippen LogP contribution in [0, 0.1) is 0 Å². The summed E-state index contributed by atoms with van der Waals surface area (Å²) in [5, 5.41) is 0. The number of benzene rings is 1. The van der Waals surface area contributed by atoms with Crippen molar-refractivity contribution in [1.29, 1.82) is 0 Å². The van der Waals surface area contributed by atoms with Crippen molar-refractivity contribution in [3.63, 3.8) is 0 Å². The molecule has 0 spiro atoms. The van der Waals surface area contributed by atoms with E-state index in [0.29, 0.717) is 6.42 Å². The third-order valence-corrected chi connectivity index (χ3v) is 3.85. The van der Waals surface area contributed by atoms with Gasteiger partial charge in [-0.1, -0.05) is 6.07 Å². The lowest BCUT2D eigenvalue weighted by Crippen LogP contribution is -2.19. The van der Waals surface area contributed by atoms with Crippen molar-refractivity contribution in [1.82, 2.24) is 0 Å². The average molecular weight is 267 g/mol. The molecule has 0 fully saturated rings. The summed E-state index contributed by atoms with van der Waals surface area (Å²) in [6, 6.07) is 5.76. The largest absolute Gasteiger partial charge is 0.454 e. The van der Waals surface area contributed by atoms with Gasteiger partial charge in [-0.05, 0) is 38.5 Å². The quantitative estimate of drug-likeness (QED) is 0.790. The Morgan fingerprint density at radius 2 is 2.06 bits per heavy atom. The van der Waals surface area contributed by atoms with Gasteiger partial charge < -0.3 is 9.47 Å². The van der Waals surface area contributed by atoms with Gasteiger partial charge in [0, 0.05) is 12.6 Å². The zero-order valence-electron chi connectivity index (χ0n) is 10.8. The van der Waals surface area contributed by atoms with Gasteiger partial charge in [0.1, 0.15) is 11.0 Å². The summed E-state index contributed by atoms with van der Waals surface area (Å²) >= 11 is 0. The molecule has 0 N–H and O–H groups in total. The Labute approximate surface area is 110 Å². The molecule has 0 radical (unpaired) electrons. The van der Waals surface area contributed by atoms with Crippen molar-refractivity contribution in [3.8, 4) is 11.5 Å². The summed E-state index contributed by atoms with van der Waals surface area (Å²) in [7, 11) is -1.20. The predicted molar refractivity (Wildman–Crippen MR) is 72.7 cm³/mol. The highest BCUT2D eigenvalue weighted by atomic mass is 32.2. The van der Waals surface area contributed by atoms with Crippen LogP contribution < -0.4 is 9.47 Å².